The van der Waals surface area contributed by atoms with Gasteiger partial charge in [0.1, 0.15) is 11.2 Å². The molecule has 0 aliphatic heterocycles. The van der Waals surface area contributed by atoms with Gasteiger partial charge in [-0.1, -0.05) is 109 Å². The topological polar surface area (TPSA) is 43.9 Å². The van der Waals surface area contributed by atoms with Gasteiger partial charge in [-0.25, -0.2) is 9.97 Å². The summed E-state index contributed by atoms with van der Waals surface area (Å²) in [5.41, 5.74) is 8.30. The maximum Gasteiger partial charge on any atom is 0.235 e. The first kappa shape index (κ1) is 27.0. The fourth-order valence-corrected chi connectivity index (χ4v) is 9.04. The van der Waals surface area contributed by atoms with Crippen molar-refractivity contribution in [2.45, 2.75) is 12.8 Å². The van der Waals surface area contributed by atoms with Crippen molar-refractivity contribution < 1.29 is 4.42 Å². The number of thiophene rings is 1. The molecule has 6 aromatic carbocycles. The Morgan fingerprint density at radius 3 is 2.33 bits per heavy atom. The smallest absolute Gasteiger partial charge is 0.235 e. The highest BCUT2D eigenvalue weighted by Gasteiger charge is 2.22. The first-order chi connectivity index (χ1) is 24.3. The first-order valence-electron chi connectivity index (χ1n) is 16.7. The van der Waals surface area contributed by atoms with Crippen LogP contribution < -0.4 is 10.6 Å². The van der Waals surface area contributed by atoms with Crippen LogP contribution in [0.5, 0.6) is 0 Å². The number of aromatic nitrogens is 3. The van der Waals surface area contributed by atoms with Gasteiger partial charge in [0.25, 0.3) is 0 Å². The molecule has 0 unspecified atom stereocenters. The van der Waals surface area contributed by atoms with Crippen molar-refractivity contribution in [1.29, 1.82) is 0 Å². The summed E-state index contributed by atoms with van der Waals surface area (Å²) < 4.78 is 11.4. The minimum absolute atomic E-state index is 0.666. The van der Waals surface area contributed by atoms with Crippen molar-refractivity contribution in [3.05, 3.63) is 138 Å². The lowest BCUT2D eigenvalue weighted by atomic mass is 10.0. The van der Waals surface area contributed by atoms with E-state index in [0.717, 1.165) is 84.0 Å². The van der Waals surface area contributed by atoms with E-state index in [1.54, 1.807) is 0 Å². The van der Waals surface area contributed by atoms with Crippen LogP contribution in [0.4, 0.5) is 0 Å². The number of benzene rings is 6. The number of hydrogen-bond acceptors (Lipinski definition) is 4. The minimum atomic E-state index is 0.666. The molecular formula is C44H27N3OS. The highest BCUT2D eigenvalue weighted by atomic mass is 32.1. The average molecular weight is 646 g/mol. The van der Waals surface area contributed by atoms with E-state index in [0.29, 0.717) is 5.95 Å². The molecule has 0 N–H and O–H groups in total. The molecule has 1 aliphatic rings. The third-order valence-corrected chi connectivity index (χ3v) is 11.3. The predicted molar refractivity (Wildman–Crippen MR) is 205 cm³/mol. The summed E-state index contributed by atoms with van der Waals surface area (Å²) in [5.74, 6) is 0.666. The van der Waals surface area contributed by atoms with Crippen LogP contribution in [0.2, 0.25) is 0 Å². The van der Waals surface area contributed by atoms with Crippen LogP contribution in [0.3, 0.4) is 0 Å². The molecule has 0 fully saturated rings. The molecule has 0 saturated carbocycles. The number of hydrogen-bond donors (Lipinski definition) is 0. The Morgan fingerprint density at radius 2 is 1.39 bits per heavy atom. The van der Waals surface area contributed by atoms with E-state index in [-0.39, 0.29) is 0 Å². The molecule has 4 nitrogen and oxygen atoms in total. The van der Waals surface area contributed by atoms with E-state index < -0.39 is 0 Å². The lowest BCUT2D eigenvalue weighted by Crippen LogP contribution is -2.34. The van der Waals surface area contributed by atoms with E-state index in [2.05, 4.69) is 132 Å². The van der Waals surface area contributed by atoms with Gasteiger partial charge >= 0.3 is 0 Å². The van der Waals surface area contributed by atoms with Crippen molar-refractivity contribution in [2.75, 3.05) is 0 Å². The highest BCUT2D eigenvalue weighted by molar-refractivity contribution is 7.26. The maximum atomic E-state index is 6.63. The Labute approximate surface area is 284 Å². The van der Waals surface area contributed by atoms with Gasteiger partial charge in [0.2, 0.25) is 5.95 Å². The maximum absolute atomic E-state index is 6.63. The Kier molecular flexibility index (Phi) is 5.63. The van der Waals surface area contributed by atoms with Crippen molar-refractivity contribution in [1.82, 2.24) is 14.5 Å². The van der Waals surface area contributed by atoms with E-state index in [4.69, 9.17) is 14.4 Å². The predicted octanol–water partition coefficient (Wildman–Crippen LogP) is 10.5. The molecule has 11 rings (SSSR count). The molecule has 0 saturated heterocycles. The van der Waals surface area contributed by atoms with Crippen molar-refractivity contribution in [3.63, 3.8) is 0 Å². The number of rotatable bonds is 3. The fourth-order valence-electron chi connectivity index (χ4n) is 7.83. The van der Waals surface area contributed by atoms with Crippen molar-refractivity contribution in [3.8, 4) is 28.3 Å². The standard InChI is InChI=1S/C44H27N3OS/c1-2-11-26(12-3-1)27-21-22-33-37(25-27)47(36-24-23-30-28-13-5-8-19-38(28)48-42(30)40(33)36)44-45-35-18-7-4-15-32(35)41(46-44)34-17-10-16-31-29-14-6-9-20-39(29)49-43(31)34/h1-3,5-6,8-25H,4,7H2. The molecule has 0 atom stereocenters. The molecule has 5 heteroatoms. The van der Waals surface area contributed by atoms with Gasteiger partial charge in [-0.2, -0.15) is 0 Å². The first-order valence-corrected chi connectivity index (χ1v) is 17.6. The second kappa shape index (κ2) is 10.2. The second-order valence-electron chi connectivity index (χ2n) is 12.8. The van der Waals surface area contributed by atoms with Crippen LogP contribution in [-0.2, 0) is 0 Å². The SMILES string of the molecule is C1=c2nc(-n3c4cc(-c5ccccc5)ccc4c4c5oc6ccccc6c5ccc43)nc(-c3cccc4c3sc3ccccc34)c2=CCC1. The van der Waals surface area contributed by atoms with Crippen molar-refractivity contribution >= 4 is 87.4 Å². The highest BCUT2D eigenvalue weighted by Crippen LogP contribution is 2.42. The molecule has 1 aliphatic carbocycles. The molecule has 4 heterocycles. The molecule has 0 radical (unpaired) electrons. The molecule has 0 amide bonds. The third kappa shape index (κ3) is 3.91. The second-order valence-corrected chi connectivity index (χ2v) is 13.9. The summed E-state index contributed by atoms with van der Waals surface area (Å²) in [4.78, 5) is 10.8. The quantitative estimate of drug-likeness (QED) is 0.192. The zero-order valence-corrected chi connectivity index (χ0v) is 27.2. The fraction of sp³-hybridized carbons (Fsp3) is 0.0455. The van der Waals surface area contributed by atoms with Crippen molar-refractivity contribution in [2.24, 2.45) is 0 Å². The molecule has 49 heavy (non-hydrogen) atoms. The number of furan rings is 1. The van der Waals surface area contributed by atoms with Crippen LogP contribution in [0.1, 0.15) is 12.8 Å². The van der Waals surface area contributed by atoms with Gasteiger partial charge in [-0.05, 0) is 54.3 Å². The lowest BCUT2D eigenvalue weighted by molar-refractivity contribution is 0.673. The van der Waals surface area contributed by atoms with Gasteiger partial charge in [-0.3, -0.25) is 4.57 Å². The molecular weight excluding hydrogens is 619 g/mol. The number of fused-ring (bicyclic) bond motifs is 11. The Hall–Kier alpha value is -6.04. The minimum Gasteiger partial charge on any atom is -0.455 e. The average Bonchev–Trinajstić information content (AvgIpc) is 3.84. The molecule has 10 aromatic rings. The Bertz CT molecular complexity index is 3110. The molecule has 4 aromatic heterocycles. The van der Waals surface area contributed by atoms with E-state index in [1.165, 1.54) is 25.7 Å². The van der Waals surface area contributed by atoms with Crippen LogP contribution >= 0.6 is 11.3 Å². The third-order valence-electron chi connectivity index (χ3n) is 10.1. The van der Waals surface area contributed by atoms with Crippen LogP contribution in [-0.4, -0.2) is 14.5 Å². The van der Waals surface area contributed by atoms with Gasteiger partial charge < -0.3 is 4.42 Å². The summed E-state index contributed by atoms with van der Waals surface area (Å²) in [6.45, 7) is 0. The summed E-state index contributed by atoms with van der Waals surface area (Å²) >= 11 is 1.84. The zero-order chi connectivity index (χ0) is 32.1. The number of para-hydroxylation sites is 1. The zero-order valence-electron chi connectivity index (χ0n) is 26.4. The van der Waals surface area contributed by atoms with Crippen LogP contribution in [0.15, 0.2) is 132 Å². The summed E-state index contributed by atoms with van der Waals surface area (Å²) in [6, 6.07) is 45.3. The van der Waals surface area contributed by atoms with Crippen LogP contribution in [0.25, 0.3) is 104 Å². The van der Waals surface area contributed by atoms with Gasteiger partial charge in [-0.15, -0.1) is 11.3 Å². The van der Waals surface area contributed by atoms with Crippen LogP contribution in [0, 0.1) is 0 Å². The van der Waals surface area contributed by atoms with Gasteiger partial charge in [0.15, 0.2) is 0 Å². The summed E-state index contributed by atoms with van der Waals surface area (Å²) in [7, 11) is 0. The van der Waals surface area contributed by atoms with E-state index >= 15 is 0 Å². The van der Waals surface area contributed by atoms with E-state index in [1.807, 2.05) is 23.5 Å². The van der Waals surface area contributed by atoms with E-state index in [9.17, 15) is 0 Å². The Balaban J connectivity index is 1.27. The normalized spacial score (nSPS) is 13.1. The van der Waals surface area contributed by atoms with Gasteiger partial charge in [0.05, 0.1) is 27.5 Å². The largest absolute Gasteiger partial charge is 0.455 e. The summed E-state index contributed by atoms with van der Waals surface area (Å²) in [5, 5.41) is 9.08. The molecule has 0 bridgehead atoms. The molecule has 230 valence electrons. The lowest BCUT2D eigenvalue weighted by Gasteiger charge is -2.13. The van der Waals surface area contributed by atoms with Gasteiger partial charge in [0, 0.05) is 47.1 Å². The summed E-state index contributed by atoms with van der Waals surface area (Å²) in [6.07, 6.45) is 6.53. The number of nitrogens with zero attached hydrogens (tertiary/aromatic N) is 3. The Morgan fingerprint density at radius 1 is 0.592 bits per heavy atom. The molecule has 0 spiro atoms. The monoisotopic (exact) mass is 645 g/mol.